The zero-order valence-corrected chi connectivity index (χ0v) is 14.4. The summed E-state index contributed by atoms with van der Waals surface area (Å²) in [5, 5.41) is 0.560. The standard InChI is InChI=1S/C16H18F3N3O2S/c1-11-13(25-15(20-11)21-6-2-3-7-21)14(23)22(10-16(17,18)19)12-4-8-24-9-5-12/h2-3,6-7,12H,4-5,8-10H2,1H3. The predicted octanol–water partition coefficient (Wildman–Crippen LogP) is 3.43. The van der Waals surface area contributed by atoms with E-state index < -0.39 is 24.7 Å². The molecule has 3 heterocycles. The van der Waals surface area contributed by atoms with Crippen LogP contribution in [0.3, 0.4) is 0 Å². The van der Waals surface area contributed by atoms with Crippen molar-refractivity contribution in [3.05, 3.63) is 35.1 Å². The van der Waals surface area contributed by atoms with Gasteiger partial charge in [0.25, 0.3) is 5.91 Å². The lowest BCUT2D eigenvalue weighted by atomic mass is 10.1. The molecular formula is C16H18F3N3O2S. The van der Waals surface area contributed by atoms with E-state index in [-0.39, 0.29) is 4.88 Å². The van der Waals surface area contributed by atoms with E-state index in [4.69, 9.17) is 4.74 Å². The zero-order chi connectivity index (χ0) is 18.0. The van der Waals surface area contributed by atoms with Crippen molar-refractivity contribution in [3.63, 3.8) is 0 Å². The maximum absolute atomic E-state index is 13.0. The molecule has 0 aliphatic carbocycles. The second-order valence-electron chi connectivity index (χ2n) is 5.89. The first kappa shape index (κ1) is 17.9. The minimum Gasteiger partial charge on any atom is -0.381 e. The Morgan fingerprint density at radius 3 is 2.60 bits per heavy atom. The highest BCUT2D eigenvalue weighted by atomic mass is 32.1. The van der Waals surface area contributed by atoms with Gasteiger partial charge in [0.05, 0.1) is 5.69 Å². The molecule has 1 saturated heterocycles. The highest BCUT2D eigenvalue weighted by Crippen LogP contribution is 2.28. The van der Waals surface area contributed by atoms with E-state index >= 15 is 0 Å². The number of carbonyl (C=O) groups excluding carboxylic acids is 1. The molecule has 9 heteroatoms. The Kier molecular flexibility index (Phi) is 5.14. The lowest BCUT2D eigenvalue weighted by Gasteiger charge is -2.34. The third kappa shape index (κ3) is 4.21. The quantitative estimate of drug-likeness (QED) is 0.825. The predicted molar refractivity (Wildman–Crippen MR) is 87.1 cm³/mol. The Morgan fingerprint density at radius 2 is 2.00 bits per heavy atom. The molecule has 1 aliphatic heterocycles. The van der Waals surface area contributed by atoms with Crippen molar-refractivity contribution in [2.24, 2.45) is 0 Å². The summed E-state index contributed by atoms with van der Waals surface area (Å²) in [5.74, 6) is -0.613. The molecule has 5 nitrogen and oxygen atoms in total. The summed E-state index contributed by atoms with van der Waals surface area (Å²) >= 11 is 1.11. The molecule has 25 heavy (non-hydrogen) atoms. The number of halogens is 3. The number of aromatic nitrogens is 2. The van der Waals surface area contributed by atoms with Crippen LogP contribution in [-0.2, 0) is 4.74 Å². The highest BCUT2D eigenvalue weighted by Gasteiger charge is 2.38. The molecule has 0 aromatic carbocycles. The highest BCUT2D eigenvalue weighted by molar-refractivity contribution is 7.16. The van der Waals surface area contributed by atoms with E-state index in [1.54, 1.807) is 23.9 Å². The molecule has 1 fully saturated rings. The molecule has 0 spiro atoms. The lowest BCUT2D eigenvalue weighted by Crippen LogP contribution is -2.47. The van der Waals surface area contributed by atoms with Crippen LogP contribution >= 0.6 is 11.3 Å². The molecule has 2 aromatic heterocycles. The Bertz CT molecular complexity index is 722. The SMILES string of the molecule is Cc1nc(-n2cccc2)sc1C(=O)N(CC(F)(F)F)C1CCOCC1. The van der Waals surface area contributed by atoms with Crippen LogP contribution in [0.2, 0.25) is 0 Å². The molecule has 2 aromatic rings. The molecule has 1 amide bonds. The average molecular weight is 373 g/mol. The number of rotatable bonds is 4. The van der Waals surface area contributed by atoms with Crippen LogP contribution in [0.4, 0.5) is 13.2 Å². The van der Waals surface area contributed by atoms with Crippen LogP contribution in [0.25, 0.3) is 5.13 Å². The third-order valence-corrected chi connectivity index (χ3v) is 5.21. The van der Waals surface area contributed by atoms with Crippen LogP contribution in [0.5, 0.6) is 0 Å². The Labute approximate surface area is 147 Å². The van der Waals surface area contributed by atoms with Gasteiger partial charge in [-0.1, -0.05) is 11.3 Å². The maximum Gasteiger partial charge on any atom is 0.406 e. The van der Waals surface area contributed by atoms with Gasteiger partial charge < -0.3 is 14.2 Å². The van der Waals surface area contributed by atoms with Crippen molar-refractivity contribution < 1.29 is 22.7 Å². The first-order chi connectivity index (χ1) is 11.8. The number of thiazole rings is 1. The summed E-state index contributed by atoms with van der Waals surface area (Å²) in [6.45, 7) is 1.12. The fraction of sp³-hybridized carbons (Fsp3) is 0.500. The number of hydrogen-bond acceptors (Lipinski definition) is 4. The zero-order valence-electron chi connectivity index (χ0n) is 13.6. The first-order valence-electron chi connectivity index (χ1n) is 7.91. The van der Waals surface area contributed by atoms with Gasteiger partial charge in [0.1, 0.15) is 11.4 Å². The van der Waals surface area contributed by atoms with Crippen molar-refractivity contribution in [1.82, 2.24) is 14.5 Å². The van der Waals surface area contributed by atoms with Gasteiger partial charge in [-0.3, -0.25) is 4.79 Å². The average Bonchev–Trinajstić information content (AvgIpc) is 3.21. The Balaban J connectivity index is 1.88. The van der Waals surface area contributed by atoms with Gasteiger partial charge in [0.15, 0.2) is 5.13 Å². The molecule has 0 radical (unpaired) electrons. The van der Waals surface area contributed by atoms with E-state index in [9.17, 15) is 18.0 Å². The smallest absolute Gasteiger partial charge is 0.381 e. The Hall–Kier alpha value is -1.87. The minimum atomic E-state index is -4.45. The third-order valence-electron chi connectivity index (χ3n) is 4.05. The fourth-order valence-corrected chi connectivity index (χ4v) is 3.83. The minimum absolute atomic E-state index is 0.249. The van der Waals surface area contributed by atoms with E-state index in [1.165, 1.54) is 0 Å². The number of carbonyl (C=O) groups is 1. The maximum atomic E-state index is 13.0. The van der Waals surface area contributed by atoms with Crippen LogP contribution < -0.4 is 0 Å². The summed E-state index contributed by atoms with van der Waals surface area (Å²) in [5.41, 5.74) is 0.443. The number of aryl methyl sites for hydroxylation is 1. The monoisotopic (exact) mass is 373 g/mol. The Morgan fingerprint density at radius 1 is 1.36 bits per heavy atom. The van der Waals surface area contributed by atoms with Gasteiger partial charge in [0.2, 0.25) is 0 Å². The van der Waals surface area contributed by atoms with Gasteiger partial charge >= 0.3 is 6.18 Å². The number of nitrogens with zero attached hydrogens (tertiary/aromatic N) is 3. The van der Waals surface area contributed by atoms with E-state index in [0.717, 1.165) is 16.2 Å². The molecular weight excluding hydrogens is 355 g/mol. The summed E-state index contributed by atoms with van der Waals surface area (Å²) in [6.07, 6.45) is -0.0823. The molecule has 3 rings (SSSR count). The summed E-state index contributed by atoms with van der Waals surface area (Å²) < 4.78 is 46.0. The number of amides is 1. The number of hydrogen-bond donors (Lipinski definition) is 0. The van der Waals surface area contributed by atoms with Gasteiger partial charge in [-0.25, -0.2) is 4.98 Å². The molecule has 1 aliphatic rings. The molecule has 136 valence electrons. The second kappa shape index (κ2) is 7.17. The second-order valence-corrected chi connectivity index (χ2v) is 6.87. The van der Waals surface area contributed by atoms with Gasteiger partial charge in [-0.05, 0) is 31.9 Å². The van der Waals surface area contributed by atoms with Gasteiger partial charge in [0, 0.05) is 31.6 Å². The largest absolute Gasteiger partial charge is 0.406 e. The van der Waals surface area contributed by atoms with Crippen LogP contribution in [0.1, 0.15) is 28.2 Å². The molecule has 0 saturated carbocycles. The number of ether oxygens (including phenoxy) is 1. The van der Waals surface area contributed by atoms with Crippen LogP contribution in [-0.4, -0.2) is 52.3 Å². The lowest BCUT2D eigenvalue weighted by molar-refractivity contribution is -0.147. The van der Waals surface area contributed by atoms with Crippen molar-refractivity contribution in [2.75, 3.05) is 19.8 Å². The molecule has 0 atom stereocenters. The molecule has 0 bridgehead atoms. The van der Waals surface area contributed by atoms with E-state index in [1.807, 2.05) is 12.1 Å². The van der Waals surface area contributed by atoms with Crippen LogP contribution in [0, 0.1) is 6.92 Å². The summed E-state index contributed by atoms with van der Waals surface area (Å²) in [4.78, 5) is 18.4. The molecule has 0 N–H and O–H groups in total. The van der Waals surface area contributed by atoms with Crippen LogP contribution in [0.15, 0.2) is 24.5 Å². The van der Waals surface area contributed by atoms with Gasteiger partial charge in [-0.15, -0.1) is 0 Å². The molecule has 0 unspecified atom stereocenters. The topological polar surface area (TPSA) is 47.4 Å². The van der Waals surface area contributed by atoms with Gasteiger partial charge in [-0.2, -0.15) is 13.2 Å². The van der Waals surface area contributed by atoms with E-state index in [2.05, 4.69) is 4.98 Å². The van der Waals surface area contributed by atoms with Crippen molar-refractivity contribution >= 4 is 17.2 Å². The summed E-state index contributed by atoms with van der Waals surface area (Å²) in [6, 6.07) is 3.16. The normalized spacial score (nSPS) is 16.2. The van der Waals surface area contributed by atoms with Crippen molar-refractivity contribution in [1.29, 1.82) is 0 Å². The fourth-order valence-electron chi connectivity index (χ4n) is 2.84. The number of alkyl halides is 3. The first-order valence-corrected chi connectivity index (χ1v) is 8.73. The summed E-state index contributed by atoms with van der Waals surface area (Å²) in [7, 11) is 0. The van der Waals surface area contributed by atoms with E-state index in [0.29, 0.717) is 36.9 Å². The van der Waals surface area contributed by atoms with Crippen molar-refractivity contribution in [3.8, 4) is 5.13 Å². The van der Waals surface area contributed by atoms with Crippen molar-refractivity contribution in [2.45, 2.75) is 32.0 Å².